The fraction of sp³-hybridized carbons (Fsp3) is 0.529. The molecule has 0 saturated carbocycles. The van der Waals surface area contributed by atoms with Crippen LogP contribution >= 0.6 is 11.6 Å². The lowest BCUT2D eigenvalue weighted by atomic mass is 9.86. The first kappa shape index (κ1) is 21.1. The minimum atomic E-state index is -4.34. The summed E-state index contributed by atoms with van der Waals surface area (Å²) in [5.41, 5.74) is -1.97. The number of hydrogen-bond acceptors (Lipinski definition) is 3. The fourth-order valence-corrected chi connectivity index (χ4v) is 2.39. The van der Waals surface area contributed by atoms with Crippen LogP contribution in [0.25, 0.3) is 6.08 Å². The van der Waals surface area contributed by atoms with Crippen LogP contribution in [-0.4, -0.2) is 31.1 Å². The third kappa shape index (κ3) is 5.14. The lowest BCUT2D eigenvalue weighted by molar-refractivity contribution is -0.139. The SMILES string of the molecule is CC1(C)OB(C(F)=Cc2cc(Cl)ccc2OCCC(F)(F)F)OC1(C)C. The molecule has 0 N–H and O–H groups in total. The Kier molecular flexibility index (Phi) is 6.00. The molecule has 0 radical (unpaired) electrons. The standard InChI is InChI=1S/C17H20BClF4O3/c1-15(2)16(3,4)26-18(25-15)14(20)10-11-9-12(19)5-6-13(11)24-8-7-17(21,22)23/h5-6,9-10H,7-8H2,1-4H3. The molecular formula is C17H20BClF4O3. The fourth-order valence-electron chi connectivity index (χ4n) is 2.21. The van der Waals surface area contributed by atoms with Crippen molar-refractivity contribution < 1.29 is 31.6 Å². The summed E-state index contributed by atoms with van der Waals surface area (Å²) >= 11 is 5.91. The Bertz CT molecular complexity index is 673. The van der Waals surface area contributed by atoms with Gasteiger partial charge in [0.25, 0.3) is 0 Å². The number of alkyl halides is 3. The van der Waals surface area contributed by atoms with E-state index in [0.717, 1.165) is 6.08 Å². The number of hydrogen-bond donors (Lipinski definition) is 0. The highest BCUT2D eigenvalue weighted by atomic mass is 35.5. The van der Waals surface area contributed by atoms with Gasteiger partial charge in [0.2, 0.25) is 0 Å². The van der Waals surface area contributed by atoms with E-state index in [1.807, 2.05) is 0 Å². The number of halogens is 5. The molecule has 1 heterocycles. The largest absolute Gasteiger partial charge is 0.525 e. The summed E-state index contributed by atoms with van der Waals surface area (Å²) in [6.45, 7) is 6.55. The van der Waals surface area contributed by atoms with E-state index >= 15 is 0 Å². The molecule has 3 nitrogen and oxygen atoms in total. The Balaban J connectivity index is 2.19. The topological polar surface area (TPSA) is 27.7 Å². The quantitative estimate of drug-likeness (QED) is 0.480. The van der Waals surface area contributed by atoms with E-state index in [4.69, 9.17) is 25.6 Å². The maximum Gasteiger partial charge on any atom is 0.525 e. The molecule has 0 amide bonds. The van der Waals surface area contributed by atoms with Gasteiger partial charge in [0.05, 0.1) is 24.2 Å². The molecule has 1 aromatic rings. The van der Waals surface area contributed by atoms with Crippen molar-refractivity contribution >= 4 is 24.8 Å². The van der Waals surface area contributed by atoms with E-state index in [0.29, 0.717) is 5.02 Å². The molecule has 1 aliphatic heterocycles. The molecule has 1 saturated heterocycles. The van der Waals surface area contributed by atoms with Gasteiger partial charge in [0.1, 0.15) is 11.5 Å². The van der Waals surface area contributed by atoms with Gasteiger partial charge >= 0.3 is 13.3 Å². The number of rotatable bonds is 5. The van der Waals surface area contributed by atoms with Crippen molar-refractivity contribution in [3.05, 3.63) is 34.5 Å². The summed E-state index contributed by atoms with van der Waals surface area (Å²) < 4.78 is 67.8. The molecule has 26 heavy (non-hydrogen) atoms. The van der Waals surface area contributed by atoms with Crippen molar-refractivity contribution in [3.63, 3.8) is 0 Å². The maximum atomic E-state index is 14.6. The lowest BCUT2D eigenvalue weighted by Gasteiger charge is -2.32. The predicted molar refractivity (Wildman–Crippen MR) is 92.8 cm³/mol. The van der Waals surface area contributed by atoms with Crippen LogP contribution in [0, 0.1) is 0 Å². The van der Waals surface area contributed by atoms with Crippen LogP contribution in [0.4, 0.5) is 17.6 Å². The van der Waals surface area contributed by atoms with Crippen molar-refractivity contribution in [2.24, 2.45) is 0 Å². The molecule has 1 aliphatic rings. The lowest BCUT2D eigenvalue weighted by Crippen LogP contribution is -2.41. The molecule has 9 heteroatoms. The molecule has 1 fully saturated rings. The van der Waals surface area contributed by atoms with E-state index in [9.17, 15) is 17.6 Å². The van der Waals surface area contributed by atoms with E-state index < -0.39 is 43.3 Å². The maximum absolute atomic E-state index is 14.6. The molecule has 0 spiro atoms. The van der Waals surface area contributed by atoms with Gasteiger partial charge in [-0.05, 0) is 52.0 Å². The zero-order valence-corrected chi connectivity index (χ0v) is 15.7. The zero-order valence-electron chi connectivity index (χ0n) is 14.9. The molecule has 0 bridgehead atoms. The van der Waals surface area contributed by atoms with Crippen molar-refractivity contribution in [2.75, 3.05) is 6.61 Å². The van der Waals surface area contributed by atoms with Crippen LogP contribution in [0.3, 0.4) is 0 Å². The second kappa shape index (κ2) is 7.41. The summed E-state index contributed by atoms with van der Waals surface area (Å²) in [4.78, 5) is 0. The molecule has 0 unspecified atom stereocenters. The van der Waals surface area contributed by atoms with Gasteiger partial charge < -0.3 is 14.0 Å². The first-order valence-corrected chi connectivity index (χ1v) is 8.40. The summed E-state index contributed by atoms with van der Waals surface area (Å²) in [6.07, 6.45) is -4.36. The number of benzene rings is 1. The average molecular weight is 395 g/mol. The molecular weight excluding hydrogens is 374 g/mol. The molecule has 1 aromatic carbocycles. The molecule has 0 aliphatic carbocycles. The molecule has 2 rings (SSSR count). The summed E-state index contributed by atoms with van der Waals surface area (Å²) in [6, 6.07) is 4.24. The van der Waals surface area contributed by atoms with Crippen molar-refractivity contribution in [1.82, 2.24) is 0 Å². The summed E-state index contributed by atoms with van der Waals surface area (Å²) in [5, 5.41) is 0.293. The third-order valence-corrected chi connectivity index (χ3v) is 4.62. The minimum absolute atomic E-state index is 0.0883. The summed E-state index contributed by atoms with van der Waals surface area (Å²) in [7, 11) is -1.22. The van der Waals surface area contributed by atoms with Gasteiger partial charge in [0.15, 0.2) is 0 Å². The van der Waals surface area contributed by atoms with Crippen molar-refractivity contribution in [1.29, 1.82) is 0 Å². The van der Waals surface area contributed by atoms with Gasteiger partial charge in [-0.1, -0.05) is 11.6 Å². The van der Waals surface area contributed by atoms with Crippen LogP contribution in [-0.2, 0) is 9.31 Å². The Hall–Kier alpha value is -1.25. The highest BCUT2D eigenvalue weighted by Gasteiger charge is 2.53. The first-order chi connectivity index (χ1) is 11.8. The van der Waals surface area contributed by atoms with Crippen LogP contribution in [0.2, 0.25) is 5.02 Å². The van der Waals surface area contributed by atoms with Gasteiger partial charge in [-0.2, -0.15) is 13.2 Å². The van der Waals surface area contributed by atoms with Gasteiger partial charge in [-0.15, -0.1) is 0 Å². The first-order valence-electron chi connectivity index (χ1n) is 8.02. The van der Waals surface area contributed by atoms with E-state index in [1.54, 1.807) is 27.7 Å². The van der Waals surface area contributed by atoms with Gasteiger partial charge in [-0.25, -0.2) is 4.39 Å². The van der Waals surface area contributed by atoms with Crippen LogP contribution < -0.4 is 4.74 Å². The highest BCUT2D eigenvalue weighted by molar-refractivity contribution is 6.54. The Morgan fingerprint density at radius 3 is 2.31 bits per heavy atom. The second-order valence-electron chi connectivity index (χ2n) is 7.01. The zero-order chi connectivity index (χ0) is 19.8. The van der Waals surface area contributed by atoms with Crippen LogP contribution in [0.1, 0.15) is 39.7 Å². The van der Waals surface area contributed by atoms with E-state index in [-0.39, 0.29) is 11.3 Å². The second-order valence-corrected chi connectivity index (χ2v) is 7.45. The Morgan fingerprint density at radius 2 is 1.77 bits per heavy atom. The molecule has 0 aromatic heterocycles. The van der Waals surface area contributed by atoms with E-state index in [2.05, 4.69) is 0 Å². The van der Waals surface area contributed by atoms with Crippen LogP contribution in [0.5, 0.6) is 5.75 Å². The highest BCUT2D eigenvalue weighted by Crippen LogP contribution is 2.39. The predicted octanol–water partition coefficient (Wildman–Crippen LogP) is 5.61. The normalized spacial score (nSPS) is 19.7. The smallest absolute Gasteiger partial charge is 0.493 e. The van der Waals surface area contributed by atoms with Crippen molar-refractivity contribution in [2.45, 2.75) is 51.5 Å². The number of ether oxygens (including phenoxy) is 1. The van der Waals surface area contributed by atoms with Crippen molar-refractivity contribution in [3.8, 4) is 5.75 Å². The minimum Gasteiger partial charge on any atom is -0.493 e. The van der Waals surface area contributed by atoms with Gasteiger partial charge in [-0.3, -0.25) is 0 Å². The Labute approximate surface area is 155 Å². The van der Waals surface area contributed by atoms with Gasteiger partial charge in [0, 0.05) is 10.6 Å². The molecule has 144 valence electrons. The third-order valence-electron chi connectivity index (χ3n) is 4.39. The van der Waals surface area contributed by atoms with E-state index in [1.165, 1.54) is 18.2 Å². The average Bonchev–Trinajstić information content (AvgIpc) is 2.68. The summed E-state index contributed by atoms with van der Waals surface area (Å²) in [5.74, 6) is 0.0883. The van der Waals surface area contributed by atoms with Crippen LogP contribution in [0.15, 0.2) is 23.9 Å². The monoisotopic (exact) mass is 394 g/mol. The molecule has 0 atom stereocenters. The Morgan fingerprint density at radius 1 is 1.19 bits per heavy atom.